The second kappa shape index (κ2) is 11.5. The monoisotopic (exact) mass is 503 g/mol. The van der Waals surface area contributed by atoms with Gasteiger partial charge < -0.3 is 29.0 Å². The summed E-state index contributed by atoms with van der Waals surface area (Å²) >= 11 is 6.30. The smallest absolute Gasteiger partial charge is 0.295 e. The number of carbonyl (C=O) groups is 2. The zero-order chi connectivity index (χ0) is 25.7. The van der Waals surface area contributed by atoms with Crippen LogP contribution in [-0.4, -0.2) is 62.3 Å². The Morgan fingerprint density at radius 2 is 1.69 bits per heavy atom. The van der Waals surface area contributed by atoms with E-state index in [1.54, 1.807) is 24.3 Å². The maximum absolute atomic E-state index is 13.3. The van der Waals surface area contributed by atoms with Crippen molar-refractivity contribution in [3.8, 4) is 17.2 Å². The predicted molar refractivity (Wildman–Crippen MR) is 132 cm³/mol. The van der Waals surface area contributed by atoms with Gasteiger partial charge in [0.2, 0.25) is 0 Å². The molecule has 0 saturated carbocycles. The largest absolute Gasteiger partial charge is 0.507 e. The molecule has 1 aliphatic heterocycles. The molecule has 2 aromatic rings. The summed E-state index contributed by atoms with van der Waals surface area (Å²) in [4.78, 5) is 27.9. The first-order valence-electron chi connectivity index (χ1n) is 11.2. The maximum Gasteiger partial charge on any atom is 0.295 e. The molecule has 3 rings (SSSR count). The highest BCUT2D eigenvalue weighted by molar-refractivity contribution is 6.46. The number of benzene rings is 2. The minimum atomic E-state index is -0.879. The SMILES string of the molecule is COc1cc(OC)c(/C(O)=C2\C(=O)C(=O)N(CCCOC(C)C)C2c2ccccc2OC)cc1Cl. The third-order valence-corrected chi connectivity index (χ3v) is 5.99. The number of likely N-dealkylation sites (tertiary alicyclic amines) is 1. The number of para-hydroxylation sites is 1. The van der Waals surface area contributed by atoms with Gasteiger partial charge in [-0.1, -0.05) is 29.8 Å². The molecule has 8 nitrogen and oxygen atoms in total. The van der Waals surface area contributed by atoms with E-state index in [2.05, 4.69) is 0 Å². The summed E-state index contributed by atoms with van der Waals surface area (Å²) in [5.41, 5.74) is 0.655. The summed E-state index contributed by atoms with van der Waals surface area (Å²) in [6.45, 7) is 4.52. The van der Waals surface area contributed by atoms with Crippen LogP contribution in [0.5, 0.6) is 17.2 Å². The van der Waals surface area contributed by atoms with Crippen molar-refractivity contribution in [2.45, 2.75) is 32.4 Å². The van der Waals surface area contributed by atoms with E-state index in [1.165, 1.54) is 38.4 Å². The van der Waals surface area contributed by atoms with Crippen molar-refractivity contribution in [2.75, 3.05) is 34.5 Å². The van der Waals surface area contributed by atoms with Crippen LogP contribution < -0.4 is 14.2 Å². The number of aliphatic hydroxyl groups excluding tert-OH is 1. The van der Waals surface area contributed by atoms with Gasteiger partial charge in [-0.25, -0.2) is 0 Å². The Hall–Kier alpha value is -3.23. The average molecular weight is 504 g/mol. The summed E-state index contributed by atoms with van der Waals surface area (Å²) in [5, 5.41) is 11.6. The van der Waals surface area contributed by atoms with Gasteiger partial charge >= 0.3 is 0 Å². The fourth-order valence-corrected chi connectivity index (χ4v) is 4.31. The van der Waals surface area contributed by atoms with Crippen molar-refractivity contribution in [1.29, 1.82) is 0 Å². The molecule has 1 unspecified atom stereocenters. The van der Waals surface area contributed by atoms with Crippen molar-refractivity contribution in [2.24, 2.45) is 0 Å². The first-order valence-corrected chi connectivity index (χ1v) is 11.6. The standard InChI is InChI=1S/C26H30ClNO7/c1-15(2)35-12-8-11-28-23(16-9-6-7-10-19(16)32-3)22(25(30)26(28)31)24(29)17-13-18(27)21(34-5)14-20(17)33-4/h6-7,9-10,13-15,23,29H,8,11-12H2,1-5H3/b24-22+. The van der Waals surface area contributed by atoms with Gasteiger partial charge in [-0.15, -0.1) is 0 Å². The zero-order valence-electron chi connectivity index (χ0n) is 20.5. The Morgan fingerprint density at radius 3 is 2.31 bits per heavy atom. The Balaban J connectivity index is 2.17. The first kappa shape index (κ1) is 26.4. The minimum absolute atomic E-state index is 0.0442. The second-order valence-corrected chi connectivity index (χ2v) is 8.60. The number of aliphatic hydroxyl groups is 1. The van der Waals surface area contributed by atoms with E-state index in [-0.39, 0.29) is 34.6 Å². The number of methoxy groups -OCH3 is 3. The lowest BCUT2D eigenvalue weighted by Crippen LogP contribution is -2.31. The van der Waals surface area contributed by atoms with E-state index in [4.69, 9.17) is 30.5 Å². The van der Waals surface area contributed by atoms with Gasteiger partial charge in [0.25, 0.3) is 11.7 Å². The molecule has 1 saturated heterocycles. The third kappa shape index (κ3) is 5.39. The molecule has 0 aliphatic carbocycles. The van der Waals surface area contributed by atoms with Crippen molar-refractivity contribution in [3.05, 3.63) is 58.1 Å². The van der Waals surface area contributed by atoms with E-state index in [0.717, 1.165) is 0 Å². The van der Waals surface area contributed by atoms with Crippen molar-refractivity contribution < 1.29 is 33.6 Å². The van der Waals surface area contributed by atoms with E-state index in [0.29, 0.717) is 30.1 Å². The molecule has 1 N–H and O–H groups in total. The number of hydrogen-bond acceptors (Lipinski definition) is 7. The van der Waals surface area contributed by atoms with Crippen LogP contribution in [-0.2, 0) is 14.3 Å². The maximum atomic E-state index is 13.3. The fourth-order valence-electron chi connectivity index (χ4n) is 4.07. The molecule has 35 heavy (non-hydrogen) atoms. The Bertz CT molecular complexity index is 1130. The summed E-state index contributed by atoms with van der Waals surface area (Å²) in [6, 6.07) is 9.14. The van der Waals surface area contributed by atoms with Gasteiger partial charge in [0.1, 0.15) is 23.0 Å². The number of carbonyl (C=O) groups excluding carboxylic acids is 2. The van der Waals surface area contributed by atoms with Gasteiger partial charge in [0, 0.05) is 24.8 Å². The van der Waals surface area contributed by atoms with E-state index in [9.17, 15) is 14.7 Å². The molecule has 1 amide bonds. The molecule has 188 valence electrons. The molecule has 0 bridgehead atoms. The normalized spacial score (nSPS) is 17.2. The van der Waals surface area contributed by atoms with Crippen LogP contribution in [0.25, 0.3) is 5.76 Å². The number of halogens is 1. The first-order chi connectivity index (χ1) is 16.7. The molecule has 9 heteroatoms. The summed E-state index contributed by atoms with van der Waals surface area (Å²) in [6.07, 6.45) is 0.553. The highest BCUT2D eigenvalue weighted by Crippen LogP contribution is 2.45. The van der Waals surface area contributed by atoms with Gasteiger partial charge in [-0.3, -0.25) is 9.59 Å². The zero-order valence-corrected chi connectivity index (χ0v) is 21.2. The van der Waals surface area contributed by atoms with Crippen LogP contribution in [0.1, 0.15) is 37.4 Å². The number of amides is 1. The quantitative estimate of drug-likeness (QED) is 0.219. The molecule has 0 spiro atoms. The Kier molecular flexibility index (Phi) is 8.64. The van der Waals surface area contributed by atoms with Crippen molar-refractivity contribution in [1.82, 2.24) is 4.90 Å². The molecular weight excluding hydrogens is 474 g/mol. The lowest BCUT2D eigenvalue weighted by Gasteiger charge is -2.27. The van der Waals surface area contributed by atoms with Gasteiger partial charge in [-0.05, 0) is 32.4 Å². The Labute approximate surface area is 210 Å². The highest BCUT2D eigenvalue weighted by Gasteiger charge is 2.47. The van der Waals surface area contributed by atoms with Crippen LogP contribution in [0.15, 0.2) is 42.0 Å². The van der Waals surface area contributed by atoms with Crippen molar-refractivity contribution >= 4 is 29.1 Å². The van der Waals surface area contributed by atoms with Crippen LogP contribution in [0.3, 0.4) is 0 Å². The van der Waals surface area contributed by atoms with Crippen LogP contribution in [0.4, 0.5) is 0 Å². The molecule has 1 atom stereocenters. The van der Waals surface area contributed by atoms with E-state index in [1.807, 2.05) is 13.8 Å². The van der Waals surface area contributed by atoms with E-state index < -0.39 is 23.5 Å². The summed E-state index contributed by atoms with van der Waals surface area (Å²) in [7, 11) is 4.38. The molecular formula is C26H30ClNO7. The van der Waals surface area contributed by atoms with Gasteiger partial charge in [0.15, 0.2) is 0 Å². The summed E-state index contributed by atoms with van der Waals surface area (Å²) < 4.78 is 21.8. The van der Waals surface area contributed by atoms with Crippen molar-refractivity contribution in [3.63, 3.8) is 0 Å². The van der Waals surface area contributed by atoms with Crippen LogP contribution in [0, 0.1) is 0 Å². The topological polar surface area (TPSA) is 94.5 Å². The van der Waals surface area contributed by atoms with Crippen LogP contribution in [0.2, 0.25) is 5.02 Å². The molecule has 1 heterocycles. The molecule has 0 radical (unpaired) electrons. The average Bonchev–Trinajstić information content (AvgIpc) is 3.10. The lowest BCUT2D eigenvalue weighted by molar-refractivity contribution is -0.140. The van der Waals surface area contributed by atoms with Gasteiger partial charge in [-0.2, -0.15) is 0 Å². The number of ketones is 1. The number of ether oxygens (including phenoxy) is 4. The third-order valence-electron chi connectivity index (χ3n) is 5.70. The molecule has 1 fully saturated rings. The Morgan fingerprint density at radius 1 is 1.03 bits per heavy atom. The number of rotatable bonds is 10. The number of nitrogens with zero attached hydrogens (tertiary/aromatic N) is 1. The lowest BCUT2D eigenvalue weighted by atomic mass is 9.94. The van der Waals surface area contributed by atoms with Gasteiger partial charge in [0.05, 0.1) is 49.6 Å². The number of Topliss-reactive ketones (excluding diaryl/α,β-unsaturated/α-hetero) is 1. The molecule has 0 aromatic heterocycles. The van der Waals surface area contributed by atoms with E-state index >= 15 is 0 Å². The minimum Gasteiger partial charge on any atom is -0.507 e. The number of hydrogen-bond donors (Lipinski definition) is 1. The molecule has 1 aliphatic rings. The predicted octanol–water partition coefficient (Wildman–Crippen LogP) is 4.60. The molecule has 2 aromatic carbocycles. The van der Waals surface area contributed by atoms with Crippen LogP contribution >= 0.6 is 11.6 Å². The highest BCUT2D eigenvalue weighted by atomic mass is 35.5. The fraction of sp³-hybridized carbons (Fsp3) is 0.385. The summed E-state index contributed by atoms with van der Waals surface area (Å²) in [5.74, 6) is -0.871. The second-order valence-electron chi connectivity index (χ2n) is 8.19.